The standard InChI is InChI=1S/C13H11NO5S/c1-8-6-10(19-12(8)13(15)16)7-20-11-4-2-9(3-5-11)14(17)18/h2-6H,7H2,1H3,(H,15,16). The third kappa shape index (κ3) is 3.18. The Morgan fingerprint density at radius 3 is 2.55 bits per heavy atom. The van der Waals surface area contributed by atoms with Gasteiger partial charge in [0.2, 0.25) is 5.76 Å². The van der Waals surface area contributed by atoms with Crippen LogP contribution in [0.1, 0.15) is 21.9 Å². The number of non-ortho nitro benzene ring substituents is 1. The summed E-state index contributed by atoms with van der Waals surface area (Å²) in [4.78, 5) is 21.8. The molecule has 0 saturated heterocycles. The van der Waals surface area contributed by atoms with Gasteiger partial charge in [0, 0.05) is 22.6 Å². The van der Waals surface area contributed by atoms with Gasteiger partial charge in [-0.3, -0.25) is 10.1 Å². The van der Waals surface area contributed by atoms with E-state index < -0.39 is 10.9 Å². The Labute approximate surface area is 118 Å². The maximum atomic E-state index is 10.8. The van der Waals surface area contributed by atoms with Gasteiger partial charge in [0.15, 0.2) is 0 Å². The number of nitro groups is 1. The number of rotatable bonds is 5. The van der Waals surface area contributed by atoms with Crippen LogP contribution >= 0.6 is 11.8 Å². The molecule has 1 N–H and O–H groups in total. The molecule has 0 atom stereocenters. The topological polar surface area (TPSA) is 93.6 Å². The van der Waals surface area contributed by atoms with Crippen LogP contribution in [-0.2, 0) is 5.75 Å². The number of carboxylic acid groups (broad SMARTS) is 1. The van der Waals surface area contributed by atoms with Gasteiger partial charge in [-0.05, 0) is 25.1 Å². The molecule has 104 valence electrons. The van der Waals surface area contributed by atoms with Gasteiger partial charge in [0.05, 0.1) is 10.7 Å². The molecule has 1 aromatic heterocycles. The summed E-state index contributed by atoms with van der Waals surface area (Å²) < 4.78 is 5.23. The van der Waals surface area contributed by atoms with E-state index in [1.54, 1.807) is 25.1 Å². The second kappa shape index (κ2) is 5.79. The molecule has 0 spiro atoms. The molecule has 1 heterocycles. The van der Waals surface area contributed by atoms with Crippen LogP contribution in [0.5, 0.6) is 0 Å². The summed E-state index contributed by atoms with van der Waals surface area (Å²) in [6, 6.07) is 7.84. The number of carboxylic acids is 1. The smallest absolute Gasteiger partial charge is 0.372 e. The third-order valence-electron chi connectivity index (χ3n) is 2.59. The zero-order valence-corrected chi connectivity index (χ0v) is 11.3. The van der Waals surface area contributed by atoms with Crippen molar-refractivity contribution in [2.45, 2.75) is 17.6 Å². The van der Waals surface area contributed by atoms with Crippen molar-refractivity contribution in [3.05, 3.63) is 57.5 Å². The van der Waals surface area contributed by atoms with Crippen LogP contribution < -0.4 is 0 Å². The summed E-state index contributed by atoms with van der Waals surface area (Å²) in [7, 11) is 0. The summed E-state index contributed by atoms with van der Waals surface area (Å²) >= 11 is 1.42. The number of thioether (sulfide) groups is 1. The molecule has 6 nitrogen and oxygen atoms in total. The summed E-state index contributed by atoms with van der Waals surface area (Å²) in [5.41, 5.74) is 0.619. The lowest BCUT2D eigenvalue weighted by molar-refractivity contribution is -0.384. The van der Waals surface area contributed by atoms with Gasteiger partial charge in [-0.1, -0.05) is 0 Å². The number of furan rings is 1. The minimum Gasteiger partial charge on any atom is -0.475 e. The first-order valence-electron chi connectivity index (χ1n) is 5.67. The number of hydrogen-bond donors (Lipinski definition) is 1. The van der Waals surface area contributed by atoms with Crippen molar-refractivity contribution < 1.29 is 19.2 Å². The molecule has 0 unspecified atom stereocenters. The molecule has 0 amide bonds. The predicted octanol–water partition coefficient (Wildman–Crippen LogP) is 3.49. The van der Waals surface area contributed by atoms with Crippen molar-refractivity contribution in [2.75, 3.05) is 0 Å². The van der Waals surface area contributed by atoms with Crippen molar-refractivity contribution in [1.29, 1.82) is 0 Å². The van der Waals surface area contributed by atoms with Gasteiger partial charge < -0.3 is 9.52 Å². The lowest BCUT2D eigenvalue weighted by atomic mass is 10.3. The highest BCUT2D eigenvalue weighted by Gasteiger charge is 2.14. The van der Waals surface area contributed by atoms with E-state index in [1.165, 1.54) is 23.9 Å². The monoisotopic (exact) mass is 293 g/mol. The quantitative estimate of drug-likeness (QED) is 0.515. The lowest BCUT2D eigenvalue weighted by Crippen LogP contribution is -1.94. The fraction of sp³-hybridized carbons (Fsp3) is 0.154. The number of nitro benzene ring substituents is 1. The molecule has 0 saturated carbocycles. The van der Waals surface area contributed by atoms with Gasteiger partial charge in [-0.25, -0.2) is 4.79 Å². The van der Waals surface area contributed by atoms with Gasteiger partial charge in [-0.15, -0.1) is 11.8 Å². The summed E-state index contributed by atoms with van der Waals surface area (Å²) in [6.45, 7) is 1.67. The highest BCUT2D eigenvalue weighted by molar-refractivity contribution is 7.98. The number of nitrogens with zero attached hydrogens (tertiary/aromatic N) is 1. The molecule has 20 heavy (non-hydrogen) atoms. The molecule has 0 aliphatic rings. The van der Waals surface area contributed by atoms with E-state index in [9.17, 15) is 14.9 Å². The number of aryl methyl sites for hydroxylation is 1. The van der Waals surface area contributed by atoms with Crippen LogP contribution in [0, 0.1) is 17.0 Å². The van der Waals surface area contributed by atoms with E-state index in [-0.39, 0.29) is 11.4 Å². The molecule has 7 heteroatoms. The first-order chi connectivity index (χ1) is 9.47. The van der Waals surface area contributed by atoms with Crippen molar-refractivity contribution in [1.82, 2.24) is 0 Å². The van der Waals surface area contributed by atoms with Crippen LogP contribution in [-0.4, -0.2) is 16.0 Å². The molecule has 0 radical (unpaired) electrons. The largest absolute Gasteiger partial charge is 0.475 e. The maximum Gasteiger partial charge on any atom is 0.372 e. The minimum absolute atomic E-state index is 0.0383. The van der Waals surface area contributed by atoms with Crippen molar-refractivity contribution >= 4 is 23.4 Å². The van der Waals surface area contributed by atoms with E-state index in [4.69, 9.17) is 9.52 Å². The Morgan fingerprint density at radius 2 is 2.05 bits per heavy atom. The van der Waals surface area contributed by atoms with Crippen LogP contribution in [0.3, 0.4) is 0 Å². The maximum absolute atomic E-state index is 10.8. The molecule has 2 rings (SSSR count). The fourth-order valence-corrected chi connectivity index (χ4v) is 2.43. The average molecular weight is 293 g/mol. The summed E-state index contributed by atoms with van der Waals surface area (Å²) in [6.07, 6.45) is 0. The van der Waals surface area contributed by atoms with Crippen LogP contribution in [0.15, 0.2) is 39.6 Å². The van der Waals surface area contributed by atoms with Crippen LogP contribution in [0.2, 0.25) is 0 Å². The van der Waals surface area contributed by atoms with Gasteiger partial charge in [-0.2, -0.15) is 0 Å². The minimum atomic E-state index is -1.09. The Bertz CT molecular complexity index is 647. The highest BCUT2D eigenvalue weighted by Crippen LogP contribution is 2.26. The fourth-order valence-electron chi connectivity index (χ4n) is 1.65. The van der Waals surface area contributed by atoms with E-state index in [0.717, 1.165) is 4.90 Å². The van der Waals surface area contributed by atoms with Crippen molar-refractivity contribution in [3.63, 3.8) is 0 Å². The second-order valence-corrected chi connectivity index (χ2v) is 5.12. The lowest BCUT2D eigenvalue weighted by Gasteiger charge is -1.99. The van der Waals surface area contributed by atoms with E-state index in [0.29, 0.717) is 17.1 Å². The van der Waals surface area contributed by atoms with E-state index in [2.05, 4.69) is 0 Å². The first kappa shape index (κ1) is 14.1. The average Bonchev–Trinajstić information content (AvgIpc) is 2.78. The van der Waals surface area contributed by atoms with Crippen molar-refractivity contribution in [2.24, 2.45) is 0 Å². The number of carbonyl (C=O) groups is 1. The Hall–Kier alpha value is -2.28. The molecule has 1 aromatic carbocycles. The summed E-state index contributed by atoms with van der Waals surface area (Å²) in [5, 5.41) is 19.4. The van der Waals surface area contributed by atoms with E-state index in [1.807, 2.05) is 0 Å². The normalized spacial score (nSPS) is 10.4. The molecular weight excluding hydrogens is 282 g/mol. The second-order valence-electron chi connectivity index (χ2n) is 4.07. The van der Waals surface area contributed by atoms with Gasteiger partial charge in [0.25, 0.3) is 5.69 Å². The number of benzene rings is 1. The Morgan fingerprint density at radius 1 is 1.40 bits per heavy atom. The SMILES string of the molecule is Cc1cc(CSc2ccc([N+](=O)[O-])cc2)oc1C(=O)O. The third-order valence-corrected chi connectivity index (χ3v) is 3.63. The summed E-state index contributed by atoms with van der Waals surface area (Å²) in [5.74, 6) is -0.118. The molecule has 0 bridgehead atoms. The Kier molecular flexibility index (Phi) is 4.09. The van der Waals surface area contributed by atoms with Gasteiger partial charge >= 0.3 is 5.97 Å². The molecule has 0 fully saturated rings. The molecule has 0 aliphatic carbocycles. The number of hydrogen-bond acceptors (Lipinski definition) is 5. The molecule has 2 aromatic rings. The Balaban J connectivity index is 2.03. The molecule has 0 aliphatic heterocycles. The zero-order chi connectivity index (χ0) is 14.7. The van der Waals surface area contributed by atoms with Crippen LogP contribution in [0.25, 0.3) is 0 Å². The predicted molar refractivity (Wildman–Crippen MR) is 73.1 cm³/mol. The van der Waals surface area contributed by atoms with Crippen LogP contribution in [0.4, 0.5) is 5.69 Å². The van der Waals surface area contributed by atoms with Crippen molar-refractivity contribution in [3.8, 4) is 0 Å². The number of aromatic carboxylic acids is 1. The van der Waals surface area contributed by atoms with E-state index >= 15 is 0 Å². The highest BCUT2D eigenvalue weighted by atomic mass is 32.2. The molecular formula is C13H11NO5S. The first-order valence-corrected chi connectivity index (χ1v) is 6.66. The zero-order valence-electron chi connectivity index (χ0n) is 10.5. The van der Waals surface area contributed by atoms with Gasteiger partial charge in [0.1, 0.15) is 5.76 Å².